The molecule has 0 fully saturated rings. The summed E-state index contributed by atoms with van der Waals surface area (Å²) in [5.41, 5.74) is 6.79. The fourth-order valence-electron chi connectivity index (χ4n) is 1.60. The highest BCUT2D eigenvalue weighted by Crippen LogP contribution is 2.22. The Hall–Kier alpha value is -2.24. The van der Waals surface area contributed by atoms with E-state index in [9.17, 15) is 9.59 Å². The summed E-state index contributed by atoms with van der Waals surface area (Å²) in [6, 6.07) is 6.56. The van der Waals surface area contributed by atoms with Gasteiger partial charge in [0.2, 0.25) is 0 Å². The van der Waals surface area contributed by atoms with Crippen LogP contribution >= 0.6 is 0 Å². The Kier molecular flexibility index (Phi) is 5.66. The highest BCUT2D eigenvalue weighted by molar-refractivity contribution is 5.95. The number of anilines is 2. The van der Waals surface area contributed by atoms with Gasteiger partial charge in [-0.25, -0.2) is 4.79 Å². The molecule has 1 rings (SSSR count). The molecule has 0 bridgehead atoms. The zero-order valence-corrected chi connectivity index (χ0v) is 10.9. The van der Waals surface area contributed by atoms with Gasteiger partial charge < -0.3 is 16.2 Å². The number of para-hydroxylation sites is 2. The van der Waals surface area contributed by atoms with Crippen LogP contribution in [-0.4, -0.2) is 30.2 Å². The zero-order chi connectivity index (χ0) is 14.3. The molecule has 0 aromatic heterocycles. The van der Waals surface area contributed by atoms with Gasteiger partial charge in [0.25, 0.3) is 0 Å². The molecule has 104 valence electrons. The number of carbonyl (C=O) groups excluding carboxylic acids is 1. The molecule has 1 aromatic rings. The average Bonchev–Trinajstić information content (AvgIpc) is 2.38. The van der Waals surface area contributed by atoms with E-state index in [1.807, 2.05) is 6.92 Å². The predicted octanol–water partition coefficient (Wildman–Crippen LogP) is 1.67. The maximum Gasteiger partial charge on any atom is 0.321 e. The SMILES string of the molecule is CCCNC(=O)N(CCC(=O)O)c1ccccc1N. The lowest BCUT2D eigenvalue weighted by atomic mass is 10.2. The molecule has 6 heteroatoms. The Labute approximate surface area is 112 Å². The summed E-state index contributed by atoms with van der Waals surface area (Å²) in [4.78, 5) is 24.1. The monoisotopic (exact) mass is 265 g/mol. The third-order valence-electron chi connectivity index (χ3n) is 2.55. The molecular weight excluding hydrogens is 246 g/mol. The highest BCUT2D eigenvalue weighted by Gasteiger charge is 2.18. The number of nitrogens with two attached hydrogens (primary N) is 1. The van der Waals surface area contributed by atoms with Crippen LogP contribution in [0.3, 0.4) is 0 Å². The van der Waals surface area contributed by atoms with E-state index in [1.165, 1.54) is 4.90 Å². The maximum absolute atomic E-state index is 12.0. The molecule has 6 nitrogen and oxygen atoms in total. The first-order valence-electron chi connectivity index (χ1n) is 6.18. The number of carboxylic acids is 1. The quantitative estimate of drug-likeness (QED) is 0.682. The topological polar surface area (TPSA) is 95.7 Å². The second-order valence-corrected chi connectivity index (χ2v) is 4.09. The Balaban J connectivity index is 2.88. The molecule has 2 amide bonds. The number of amides is 2. The summed E-state index contributed by atoms with van der Waals surface area (Å²) in [7, 11) is 0. The van der Waals surface area contributed by atoms with E-state index >= 15 is 0 Å². The van der Waals surface area contributed by atoms with Crippen molar-refractivity contribution < 1.29 is 14.7 Å². The standard InChI is InChI=1S/C13H19N3O3/c1-2-8-15-13(19)16(9-7-12(17)18)11-6-4-3-5-10(11)14/h3-6H,2,7-9,14H2,1H3,(H,15,19)(H,17,18). The number of nitrogens with zero attached hydrogens (tertiary/aromatic N) is 1. The van der Waals surface area contributed by atoms with Crippen LogP contribution < -0.4 is 16.0 Å². The van der Waals surface area contributed by atoms with Crippen molar-refractivity contribution in [1.29, 1.82) is 0 Å². The Morgan fingerprint density at radius 1 is 1.37 bits per heavy atom. The van der Waals surface area contributed by atoms with Crippen LogP contribution in [0.5, 0.6) is 0 Å². The molecule has 4 N–H and O–H groups in total. The Bertz CT molecular complexity index is 449. The summed E-state index contributed by atoms with van der Waals surface area (Å²) in [6.07, 6.45) is 0.677. The van der Waals surface area contributed by atoms with Gasteiger partial charge in [-0.2, -0.15) is 0 Å². The number of urea groups is 1. The van der Waals surface area contributed by atoms with Crippen molar-refractivity contribution >= 4 is 23.4 Å². The number of carbonyl (C=O) groups is 2. The molecule has 0 aliphatic rings. The van der Waals surface area contributed by atoms with Crippen LogP contribution in [0.4, 0.5) is 16.2 Å². The first-order valence-corrected chi connectivity index (χ1v) is 6.18. The molecule has 0 radical (unpaired) electrons. The number of aliphatic carboxylic acids is 1. The van der Waals surface area contributed by atoms with Crippen molar-refractivity contribution in [3.05, 3.63) is 24.3 Å². The van der Waals surface area contributed by atoms with E-state index in [4.69, 9.17) is 10.8 Å². The summed E-state index contributed by atoms with van der Waals surface area (Å²) < 4.78 is 0. The van der Waals surface area contributed by atoms with Crippen molar-refractivity contribution in [3.8, 4) is 0 Å². The Morgan fingerprint density at radius 2 is 2.05 bits per heavy atom. The lowest BCUT2D eigenvalue weighted by Crippen LogP contribution is -2.41. The van der Waals surface area contributed by atoms with Crippen molar-refractivity contribution in [2.75, 3.05) is 23.7 Å². The molecule has 0 heterocycles. The van der Waals surface area contributed by atoms with Gasteiger partial charge >= 0.3 is 12.0 Å². The van der Waals surface area contributed by atoms with Crippen molar-refractivity contribution in [2.45, 2.75) is 19.8 Å². The van der Waals surface area contributed by atoms with E-state index < -0.39 is 5.97 Å². The molecule has 0 atom stereocenters. The number of hydrogen-bond acceptors (Lipinski definition) is 3. The first-order chi connectivity index (χ1) is 9.06. The molecule has 0 spiro atoms. The van der Waals surface area contributed by atoms with Crippen molar-refractivity contribution in [1.82, 2.24) is 5.32 Å². The van der Waals surface area contributed by atoms with Crippen LogP contribution in [-0.2, 0) is 4.79 Å². The lowest BCUT2D eigenvalue weighted by Gasteiger charge is -2.23. The molecule has 0 unspecified atom stereocenters. The second-order valence-electron chi connectivity index (χ2n) is 4.09. The van der Waals surface area contributed by atoms with Gasteiger partial charge in [-0.3, -0.25) is 9.69 Å². The van der Waals surface area contributed by atoms with Crippen molar-refractivity contribution in [2.24, 2.45) is 0 Å². The van der Waals surface area contributed by atoms with Crippen LogP contribution in [0.2, 0.25) is 0 Å². The van der Waals surface area contributed by atoms with Gasteiger partial charge in [0.05, 0.1) is 17.8 Å². The second kappa shape index (κ2) is 7.25. The third kappa shape index (κ3) is 4.50. The highest BCUT2D eigenvalue weighted by atomic mass is 16.4. The molecule has 0 aliphatic heterocycles. The first kappa shape index (κ1) is 14.8. The minimum absolute atomic E-state index is 0.0824. The number of benzene rings is 1. The number of carboxylic acid groups (broad SMARTS) is 1. The van der Waals surface area contributed by atoms with Crippen LogP contribution in [0, 0.1) is 0 Å². The lowest BCUT2D eigenvalue weighted by molar-refractivity contribution is -0.136. The van der Waals surface area contributed by atoms with E-state index in [0.29, 0.717) is 17.9 Å². The van der Waals surface area contributed by atoms with Crippen LogP contribution in [0.1, 0.15) is 19.8 Å². The molecule has 0 saturated carbocycles. The molecular formula is C13H19N3O3. The summed E-state index contributed by atoms with van der Waals surface area (Å²) in [6.45, 7) is 2.56. The smallest absolute Gasteiger partial charge is 0.321 e. The van der Waals surface area contributed by atoms with Gasteiger partial charge in [-0.05, 0) is 18.6 Å². The Morgan fingerprint density at radius 3 is 2.63 bits per heavy atom. The molecule has 0 saturated heterocycles. The minimum Gasteiger partial charge on any atom is -0.481 e. The number of nitrogen functional groups attached to an aromatic ring is 1. The minimum atomic E-state index is -0.956. The van der Waals surface area contributed by atoms with Gasteiger partial charge in [-0.1, -0.05) is 19.1 Å². The molecule has 19 heavy (non-hydrogen) atoms. The van der Waals surface area contributed by atoms with Crippen LogP contribution in [0.15, 0.2) is 24.3 Å². The molecule has 1 aromatic carbocycles. The normalized spacial score (nSPS) is 9.95. The molecule has 0 aliphatic carbocycles. The largest absolute Gasteiger partial charge is 0.481 e. The van der Waals surface area contributed by atoms with E-state index in [-0.39, 0.29) is 19.0 Å². The predicted molar refractivity (Wildman–Crippen MR) is 74.1 cm³/mol. The number of hydrogen-bond donors (Lipinski definition) is 3. The maximum atomic E-state index is 12.0. The fraction of sp³-hybridized carbons (Fsp3) is 0.385. The average molecular weight is 265 g/mol. The van der Waals surface area contributed by atoms with Crippen molar-refractivity contribution in [3.63, 3.8) is 0 Å². The van der Waals surface area contributed by atoms with Gasteiger partial charge in [0, 0.05) is 13.1 Å². The third-order valence-corrected chi connectivity index (χ3v) is 2.55. The van der Waals surface area contributed by atoms with E-state index in [1.54, 1.807) is 24.3 Å². The zero-order valence-electron chi connectivity index (χ0n) is 10.9. The van der Waals surface area contributed by atoms with Crippen LogP contribution in [0.25, 0.3) is 0 Å². The summed E-state index contributed by atoms with van der Waals surface area (Å²) >= 11 is 0. The van der Waals surface area contributed by atoms with E-state index in [0.717, 1.165) is 6.42 Å². The number of rotatable bonds is 6. The number of nitrogens with one attached hydrogen (secondary N) is 1. The van der Waals surface area contributed by atoms with Gasteiger partial charge in [0.15, 0.2) is 0 Å². The fourth-order valence-corrected chi connectivity index (χ4v) is 1.60. The summed E-state index contributed by atoms with van der Waals surface area (Å²) in [5, 5.41) is 11.5. The van der Waals surface area contributed by atoms with Gasteiger partial charge in [-0.15, -0.1) is 0 Å². The summed E-state index contributed by atoms with van der Waals surface area (Å²) in [5.74, 6) is -0.956. The van der Waals surface area contributed by atoms with E-state index in [2.05, 4.69) is 5.32 Å². The van der Waals surface area contributed by atoms with Gasteiger partial charge in [0.1, 0.15) is 0 Å².